The van der Waals surface area contributed by atoms with Crippen LogP contribution in [0.3, 0.4) is 0 Å². The molecule has 0 rings (SSSR count). The number of hydrogen-bond donors (Lipinski definition) is 0. The minimum Gasteiger partial charge on any atom is -0.462 e. The lowest BCUT2D eigenvalue weighted by Gasteiger charge is -2.18. The van der Waals surface area contributed by atoms with Crippen molar-refractivity contribution >= 4 is 17.9 Å². The second-order valence-corrected chi connectivity index (χ2v) is 18.1. The smallest absolute Gasteiger partial charge is 0.306 e. The van der Waals surface area contributed by atoms with Crippen LogP contribution in [0.15, 0.2) is 72.9 Å². The zero-order valence-corrected chi connectivity index (χ0v) is 42.7. The van der Waals surface area contributed by atoms with E-state index in [9.17, 15) is 14.4 Å². The summed E-state index contributed by atoms with van der Waals surface area (Å²) in [7, 11) is 0. The third kappa shape index (κ3) is 51.7. The number of hydrogen-bond acceptors (Lipinski definition) is 6. The van der Waals surface area contributed by atoms with E-state index in [0.717, 1.165) is 89.9 Å². The lowest BCUT2D eigenvalue weighted by atomic mass is 10.0. The fourth-order valence-electron chi connectivity index (χ4n) is 7.59. The molecule has 0 aliphatic heterocycles. The van der Waals surface area contributed by atoms with E-state index in [1.165, 1.54) is 128 Å². The van der Waals surface area contributed by atoms with E-state index in [4.69, 9.17) is 14.2 Å². The van der Waals surface area contributed by atoms with Crippen molar-refractivity contribution in [2.24, 2.45) is 0 Å². The zero-order valence-electron chi connectivity index (χ0n) is 42.7. The molecule has 0 aromatic heterocycles. The minimum atomic E-state index is -0.803. The van der Waals surface area contributed by atoms with Crippen LogP contribution in [0, 0.1) is 0 Å². The van der Waals surface area contributed by atoms with Crippen molar-refractivity contribution in [1.82, 2.24) is 0 Å². The van der Waals surface area contributed by atoms with Crippen molar-refractivity contribution in [3.05, 3.63) is 72.9 Å². The molecular formula is C59H102O6. The van der Waals surface area contributed by atoms with Crippen LogP contribution >= 0.6 is 0 Å². The molecule has 6 nitrogen and oxygen atoms in total. The molecule has 0 aliphatic carbocycles. The SMILES string of the molecule is CC/C=C\C/C=C\C/C=C\CCCCCCC(=O)OCC(COC(=O)CCC/C=C\C/C=C\C/C=C\CCCCCCCC)OC(=O)CCCCCCCCCCCCCCCCCC. The second kappa shape index (κ2) is 53.5. The molecule has 0 saturated carbocycles. The fourth-order valence-corrected chi connectivity index (χ4v) is 7.59. The van der Waals surface area contributed by atoms with Gasteiger partial charge in [-0.15, -0.1) is 0 Å². The summed E-state index contributed by atoms with van der Waals surface area (Å²) >= 11 is 0. The summed E-state index contributed by atoms with van der Waals surface area (Å²) in [5, 5.41) is 0. The molecule has 0 spiro atoms. The van der Waals surface area contributed by atoms with Gasteiger partial charge in [0.15, 0.2) is 6.10 Å². The first-order valence-electron chi connectivity index (χ1n) is 27.4. The van der Waals surface area contributed by atoms with Crippen LogP contribution in [-0.4, -0.2) is 37.2 Å². The number of rotatable bonds is 49. The summed E-state index contributed by atoms with van der Waals surface area (Å²) in [4.78, 5) is 38.0. The van der Waals surface area contributed by atoms with Crippen LogP contribution < -0.4 is 0 Å². The summed E-state index contributed by atoms with van der Waals surface area (Å²) in [5.41, 5.74) is 0. The Labute approximate surface area is 402 Å². The van der Waals surface area contributed by atoms with Crippen LogP contribution in [0.2, 0.25) is 0 Å². The maximum atomic E-state index is 12.8. The summed E-state index contributed by atoms with van der Waals surface area (Å²) < 4.78 is 16.8. The van der Waals surface area contributed by atoms with Crippen LogP contribution in [0.25, 0.3) is 0 Å². The van der Waals surface area contributed by atoms with Gasteiger partial charge in [-0.1, -0.05) is 235 Å². The van der Waals surface area contributed by atoms with Gasteiger partial charge in [-0.05, 0) is 83.5 Å². The van der Waals surface area contributed by atoms with Gasteiger partial charge in [0, 0.05) is 19.3 Å². The number of ether oxygens (including phenoxy) is 3. The molecule has 1 atom stereocenters. The van der Waals surface area contributed by atoms with E-state index in [2.05, 4.69) is 93.7 Å². The van der Waals surface area contributed by atoms with Crippen LogP contribution in [0.4, 0.5) is 0 Å². The standard InChI is InChI=1S/C59H102O6/c1-4-7-10-13-16-19-22-25-28-30-32-34-37-40-43-46-49-52-58(61)64-55-56(54-63-57(60)51-48-45-42-39-36-33-27-24-21-18-15-12-9-6-3)65-59(62)53-50-47-44-41-38-35-31-29-26-23-20-17-14-11-8-5-2/h9,12,18,21,25,27-28,32-34,40,43,56H,4-8,10-11,13-17,19-20,22-24,26,29-31,35-39,41-42,44-55H2,1-3H3/b12-9-,21-18-,28-25-,33-27-,34-32-,43-40-. The predicted molar refractivity (Wildman–Crippen MR) is 279 cm³/mol. The van der Waals surface area contributed by atoms with Crippen molar-refractivity contribution in [3.63, 3.8) is 0 Å². The van der Waals surface area contributed by atoms with Crippen molar-refractivity contribution in [3.8, 4) is 0 Å². The van der Waals surface area contributed by atoms with Crippen LogP contribution in [-0.2, 0) is 28.6 Å². The zero-order chi connectivity index (χ0) is 47.2. The highest BCUT2D eigenvalue weighted by Gasteiger charge is 2.19. The average molecular weight is 907 g/mol. The lowest BCUT2D eigenvalue weighted by Crippen LogP contribution is -2.30. The molecule has 1 unspecified atom stereocenters. The summed E-state index contributed by atoms with van der Waals surface area (Å²) in [6.45, 7) is 6.47. The maximum absolute atomic E-state index is 12.8. The Bertz CT molecular complexity index is 1230. The Morgan fingerprint density at radius 2 is 0.615 bits per heavy atom. The lowest BCUT2D eigenvalue weighted by molar-refractivity contribution is -0.167. The average Bonchev–Trinajstić information content (AvgIpc) is 3.30. The molecule has 374 valence electrons. The van der Waals surface area contributed by atoms with E-state index in [1.54, 1.807) is 0 Å². The molecule has 0 bridgehead atoms. The highest BCUT2D eigenvalue weighted by atomic mass is 16.6. The number of allylic oxidation sites excluding steroid dienone is 12. The third-order valence-electron chi connectivity index (χ3n) is 11.7. The number of esters is 3. The van der Waals surface area contributed by atoms with E-state index >= 15 is 0 Å². The molecular weight excluding hydrogens is 805 g/mol. The Balaban J connectivity index is 4.47. The first-order valence-corrected chi connectivity index (χ1v) is 27.4. The molecule has 0 aromatic carbocycles. The van der Waals surface area contributed by atoms with Crippen molar-refractivity contribution < 1.29 is 28.6 Å². The summed E-state index contributed by atoms with van der Waals surface area (Å²) in [6, 6.07) is 0. The first kappa shape index (κ1) is 61.9. The predicted octanol–water partition coefficient (Wildman–Crippen LogP) is 18.2. The molecule has 0 amide bonds. The molecule has 6 heteroatoms. The number of carbonyl (C=O) groups is 3. The Morgan fingerprint density at radius 1 is 0.323 bits per heavy atom. The molecule has 0 saturated heterocycles. The van der Waals surface area contributed by atoms with E-state index in [0.29, 0.717) is 19.3 Å². The largest absolute Gasteiger partial charge is 0.462 e. The van der Waals surface area contributed by atoms with Gasteiger partial charge < -0.3 is 14.2 Å². The minimum absolute atomic E-state index is 0.101. The Kier molecular flexibility index (Phi) is 50.9. The van der Waals surface area contributed by atoms with Crippen molar-refractivity contribution in [2.45, 2.75) is 271 Å². The van der Waals surface area contributed by atoms with Gasteiger partial charge in [-0.25, -0.2) is 0 Å². The quantitative estimate of drug-likeness (QED) is 0.0262. The monoisotopic (exact) mass is 907 g/mol. The van der Waals surface area contributed by atoms with Gasteiger partial charge in [0.1, 0.15) is 13.2 Å². The molecule has 0 aliphatic rings. The van der Waals surface area contributed by atoms with Gasteiger partial charge in [0.2, 0.25) is 0 Å². The maximum Gasteiger partial charge on any atom is 0.306 e. The van der Waals surface area contributed by atoms with Gasteiger partial charge >= 0.3 is 17.9 Å². The molecule has 0 N–H and O–H groups in total. The molecule has 65 heavy (non-hydrogen) atoms. The Hall–Kier alpha value is -3.15. The molecule has 0 aromatic rings. The molecule has 0 heterocycles. The van der Waals surface area contributed by atoms with Gasteiger partial charge in [0.25, 0.3) is 0 Å². The highest BCUT2D eigenvalue weighted by molar-refractivity contribution is 5.71. The molecule has 0 radical (unpaired) electrons. The van der Waals surface area contributed by atoms with Crippen LogP contribution in [0.5, 0.6) is 0 Å². The number of unbranched alkanes of at least 4 members (excludes halogenated alkanes) is 26. The van der Waals surface area contributed by atoms with Gasteiger partial charge in [0.05, 0.1) is 0 Å². The normalized spacial score (nSPS) is 12.6. The Morgan fingerprint density at radius 3 is 1.00 bits per heavy atom. The fraction of sp³-hybridized carbons (Fsp3) is 0.746. The van der Waals surface area contributed by atoms with E-state index in [1.807, 2.05) is 0 Å². The van der Waals surface area contributed by atoms with Crippen molar-refractivity contribution in [2.75, 3.05) is 13.2 Å². The first-order chi connectivity index (χ1) is 32.0. The summed E-state index contributed by atoms with van der Waals surface area (Å²) in [6.07, 6.45) is 67.5. The molecule has 0 fully saturated rings. The summed E-state index contributed by atoms with van der Waals surface area (Å²) in [5.74, 6) is -0.968. The van der Waals surface area contributed by atoms with Gasteiger partial charge in [-0.2, -0.15) is 0 Å². The third-order valence-corrected chi connectivity index (χ3v) is 11.7. The van der Waals surface area contributed by atoms with Crippen molar-refractivity contribution in [1.29, 1.82) is 0 Å². The van der Waals surface area contributed by atoms with Gasteiger partial charge in [-0.3, -0.25) is 14.4 Å². The highest BCUT2D eigenvalue weighted by Crippen LogP contribution is 2.15. The second-order valence-electron chi connectivity index (χ2n) is 18.1. The van der Waals surface area contributed by atoms with E-state index < -0.39 is 6.10 Å². The van der Waals surface area contributed by atoms with E-state index in [-0.39, 0.29) is 37.5 Å². The van der Waals surface area contributed by atoms with Crippen LogP contribution in [0.1, 0.15) is 265 Å². The topological polar surface area (TPSA) is 78.9 Å². The number of carbonyl (C=O) groups excluding carboxylic acids is 3.